The molecular formula is C13H8F4I-. The van der Waals surface area contributed by atoms with Crippen LogP contribution in [0, 0.1) is 37.3 Å². The fraction of sp³-hybridized carbons (Fsp3) is 0.0769. The van der Waals surface area contributed by atoms with Crippen LogP contribution in [-0.2, 0) is 0 Å². The molecule has 0 bridgehead atoms. The SMILES string of the molecule is Cc1ccc([I-]c2cc(F)c(F)c(F)c2)c(F)c1. The predicted octanol–water partition coefficient (Wildman–Crippen LogP) is 0.680. The topological polar surface area (TPSA) is 0 Å². The molecule has 0 fully saturated rings. The molecule has 0 heterocycles. The minimum atomic E-state index is -1.49. The summed E-state index contributed by atoms with van der Waals surface area (Å²) in [6.45, 7) is 1.75. The summed E-state index contributed by atoms with van der Waals surface area (Å²) in [5.74, 6) is -4.37. The van der Waals surface area contributed by atoms with Gasteiger partial charge in [0.1, 0.15) is 0 Å². The van der Waals surface area contributed by atoms with Crippen molar-refractivity contribution < 1.29 is 38.8 Å². The van der Waals surface area contributed by atoms with E-state index in [1.54, 1.807) is 19.1 Å². The summed E-state index contributed by atoms with van der Waals surface area (Å²) in [5, 5.41) is 0. The van der Waals surface area contributed by atoms with Gasteiger partial charge in [-0.3, -0.25) is 0 Å². The number of benzene rings is 2. The third-order valence-corrected chi connectivity index (χ3v) is 4.94. The van der Waals surface area contributed by atoms with Crippen LogP contribution in [0.4, 0.5) is 17.6 Å². The van der Waals surface area contributed by atoms with Crippen molar-refractivity contribution in [3.8, 4) is 0 Å². The zero-order chi connectivity index (χ0) is 13.3. The van der Waals surface area contributed by atoms with E-state index in [1.165, 1.54) is 6.07 Å². The predicted molar refractivity (Wildman–Crippen MR) is 54.8 cm³/mol. The average Bonchev–Trinajstić information content (AvgIpc) is 2.29. The number of hydrogen-bond donors (Lipinski definition) is 0. The molecule has 2 aromatic rings. The standard InChI is InChI=1S/C13H8F4I/c1-7-2-3-12(9(14)4-7)18-8-5-10(15)13(17)11(16)6-8/h2-6H,1H3/q-1. The Morgan fingerprint density at radius 2 is 1.44 bits per heavy atom. The molecule has 96 valence electrons. The van der Waals surface area contributed by atoms with Crippen LogP contribution in [0.3, 0.4) is 0 Å². The summed E-state index contributed by atoms with van der Waals surface area (Å²) in [5.41, 5.74) is 0.775. The van der Waals surface area contributed by atoms with E-state index in [4.69, 9.17) is 0 Å². The molecule has 2 rings (SSSR count). The van der Waals surface area contributed by atoms with Crippen LogP contribution >= 0.6 is 0 Å². The van der Waals surface area contributed by atoms with Crippen LogP contribution in [0.5, 0.6) is 0 Å². The molecule has 0 aliphatic carbocycles. The number of rotatable bonds is 2. The van der Waals surface area contributed by atoms with Gasteiger partial charge in [0.05, 0.1) is 0 Å². The third-order valence-electron chi connectivity index (χ3n) is 2.23. The first-order valence-corrected chi connectivity index (χ1v) is 7.18. The summed E-state index contributed by atoms with van der Waals surface area (Å²) in [6, 6.07) is 6.53. The molecule has 0 aliphatic rings. The molecule has 18 heavy (non-hydrogen) atoms. The maximum atomic E-state index is 13.6. The second-order valence-corrected chi connectivity index (χ2v) is 6.64. The molecule has 0 saturated carbocycles. The van der Waals surface area contributed by atoms with Gasteiger partial charge in [0.2, 0.25) is 0 Å². The third kappa shape index (κ3) is 2.82. The summed E-state index contributed by atoms with van der Waals surface area (Å²) >= 11 is -1.07. The molecule has 0 N–H and O–H groups in total. The van der Waals surface area contributed by atoms with Crippen LogP contribution < -0.4 is 21.2 Å². The van der Waals surface area contributed by atoms with Gasteiger partial charge in [-0.25, -0.2) is 0 Å². The Hall–Kier alpha value is -1.11. The Balaban J connectivity index is 2.34. The Bertz CT molecular complexity index is 573. The Labute approximate surface area is 112 Å². The second-order valence-electron chi connectivity index (χ2n) is 3.70. The molecule has 0 unspecified atom stereocenters. The number of halogens is 5. The number of aryl methyl sites for hydroxylation is 1. The van der Waals surface area contributed by atoms with E-state index in [-0.39, 0.29) is 0 Å². The van der Waals surface area contributed by atoms with Crippen LogP contribution in [0.1, 0.15) is 5.56 Å². The fourth-order valence-electron chi connectivity index (χ4n) is 1.37. The van der Waals surface area contributed by atoms with Crippen LogP contribution in [-0.4, -0.2) is 0 Å². The number of hydrogen-bond acceptors (Lipinski definition) is 0. The summed E-state index contributed by atoms with van der Waals surface area (Å²) in [7, 11) is 0. The first-order chi connectivity index (χ1) is 8.47. The molecule has 2 aromatic carbocycles. The first kappa shape index (κ1) is 13.3. The van der Waals surface area contributed by atoms with Gasteiger partial charge in [0.25, 0.3) is 0 Å². The van der Waals surface area contributed by atoms with Crippen molar-refractivity contribution in [2.45, 2.75) is 6.92 Å². The molecule has 0 radical (unpaired) electrons. The Morgan fingerprint density at radius 3 is 2.00 bits per heavy atom. The van der Waals surface area contributed by atoms with Crippen molar-refractivity contribution in [2.24, 2.45) is 0 Å². The van der Waals surface area contributed by atoms with E-state index in [0.717, 1.165) is 17.7 Å². The van der Waals surface area contributed by atoms with E-state index in [9.17, 15) is 17.6 Å². The van der Waals surface area contributed by atoms with E-state index in [1.807, 2.05) is 0 Å². The summed E-state index contributed by atoms with van der Waals surface area (Å²) in [4.78, 5) is 0. The fourth-order valence-corrected chi connectivity index (χ4v) is 3.68. The van der Waals surface area contributed by atoms with Gasteiger partial charge in [-0.1, -0.05) is 0 Å². The van der Waals surface area contributed by atoms with Gasteiger partial charge in [-0.2, -0.15) is 0 Å². The molecule has 0 amide bonds. The Morgan fingerprint density at radius 1 is 0.833 bits per heavy atom. The molecule has 0 aromatic heterocycles. The zero-order valence-electron chi connectivity index (χ0n) is 9.28. The second kappa shape index (κ2) is 5.26. The molecular weight excluding hydrogens is 359 g/mol. The molecule has 0 atom stereocenters. The summed E-state index contributed by atoms with van der Waals surface area (Å²) in [6.07, 6.45) is 0. The van der Waals surface area contributed by atoms with Gasteiger partial charge < -0.3 is 0 Å². The molecule has 0 nitrogen and oxygen atoms in total. The van der Waals surface area contributed by atoms with Crippen LogP contribution in [0.15, 0.2) is 30.3 Å². The normalized spacial score (nSPS) is 10.9. The van der Waals surface area contributed by atoms with Crippen LogP contribution in [0.2, 0.25) is 0 Å². The van der Waals surface area contributed by atoms with E-state index in [0.29, 0.717) is 7.14 Å². The van der Waals surface area contributed by atoms with Gasteiger partial charge in [-0.05, 0) is 0 Å². The quantitative estimate of drug-likeness (QED) is 0.317. The Kier molecular flexibility index (Phi) is 3.89. The van der Waals surface area contributed by atoms with Crippen molar-refractivity contribution >= 4 is 0 Å². The van der Waals surface area contributed by atoms with Gasteiger partial charge in [0, 0.05) is 0 Å². The summed E-state index contributed by atoms with van der Waals surface area (Å²) < 4.78 is 53.1. The van der Waals surface area contributed by atoms with Crippen LogP contribution in [0.25, 0.3) is 0 Å². The van der Waals surface area contributed by atoms with Gasteiger partial charge in [0.15, 0.2) is 0 Å². The molecule has 5 heteroatoms. The van der Waals surface area contributed by atoms with Gasteiger partial charge in [-0.15, -0.1) is 0 Å². The zero-order valence-corrected chi connectivity index (χ0v) is 11.4. The van der Waals surface area contributed by atoms with Crippen molar-refractivity contribution in [3.63, 3.8) is 0 Å². The van der Waals surface area contributed by atoms with Crippen molar-refractivity contribution in [3.05, 3.63) is 66.3 Å². The van der Waals surface area contributed by atoms with E-state index < -0.39 is 44.5 Å². The van der Waals surface area contributed by atoms with Crippen molar-refractivity contribution in [1.29, 1.82) is 0 Å². The molecule has 0 spiro atoms. The maximum absolute atomic E-state index is 13.6. The van der Waals surface area contributed by atoms with Gasteiger partial charge >= 0.3 is 112 Å². The van der Waals surface area contributed by atoms with E-state index in [2.05, 4.69) is 0 Å². The monoisotopic (exact) mass is 367 g/mol. The minimum absolute atomic E-state index is 0.299. The van der Waals surface area contributed by atoms with Crippen molar-refractivity contribution in [1.82, 2.24) is 0 Å². The average molecular weight is 367 g/mol. The molecule has 0 aliphatic heterocycles. The van der Waals surface area contributed by atoms with E-state index >= 15 is 0 Å². The first-order valence-electron chi connectivity index (χ1n) is 5.03. The molecule has 0 saturated heterocycles. The van der Waals surface area contributed by atoms with Crippen molar-refractivity contribution in [2.75, 3.05) is 0 Å².